The molecule has 1 amide bonds. The zero-order valence-corrected chi connectivity index (χ0v) is 14.2. The van der Waals surface area contributed by atoms with Crippen LogP contribution in [-0.4, -0.2) is 26.1 Å². The highest BCUT2D eigenvalue weighted by Crippen LogP contribution is 2.23. The molecule has 0 aliphatic carbocycles. The molecule has 0 bridgehead atoms. The summed E-state index contributed by atoms with van der Waals surface area (Å²) < 4.78 is 5.78. The number of furan rings is 1. The number of hydrogen-bond acceptors (Lipinski definition) is 5. The lowest BCUT2D eigenvalue weighted by atomic mass is 10.2. The van der Waals surface area contributed by atoms with Crippen molar-refractivity contribution in [2.45, 2.75) is 19.5 Å². The summed E-state index contributed by atoms with van der Waals surface area (Å²) in [6.07, 6.45) is 0. The van der Waals surface area contributed by atoms with E-state index in [9.17, 15) is 4.79 Å². The number of carbonyl (C=O) groups is 1. The fourth-order valence-corrected chi connectivity index (χ4v) is 2.72. The van der Waals surface area contributed by atoms with E-state index in [4.69, 9.17) is 4.42 Å². The maximum absolute atomic E-state index is 12.3. The number of hydrogen-bond donors (Lipinski definition) is 1. The Morgan fingerprint density at radius 3 is 2.73 bits per heavy atom. The Bertz CT molecular complexity index is 1010. The van der Waals surface area contributed by atoms with Crippen molar-refractivity contribution in [1.29, 1.82) is 0 Å². The summed E-state index contributed by atoms with van der Waals surface area (Å²) in [4.78, 5) is 13.6. The van der Waals surface area contributed by atoms with Crippen LogP contribution in [0.25, 0.3) is 22.4 Å². The van der Waals surface area contributed by atoms with E-state index >= 15 is 0 Å². The van der Waals surface area contributed by atoms with Gasteiger partial charge in [-0.1, -0.05) is 48.5 Å². The highest BCUT2D eigenvalue weighted by Gasteiger charge is 2.15. The topological polar surface area (TPSA) is 85.8 Å². The Labute approximate surface area is 149 Å². The average molecular weight is 347 g/mol. The second kappa shape index (κ2) is 6.79. The zero-order chi connectivity index (χ0) is 17.9. The second-order valence-electron chi connectivity index (χ2n) is 5.99. The van der Waals surface area contributed by atoms with Crippen molar-refractivity contribution in [1.82, 2.24) is 25.5 Å². The molecule has 1 atom stereocenters. The predicted molar refractivity (Wildman–Crippen MR) is 96.0 cm³/mol. The number of fused-ring (bicyclic) bond motifs is 1. The van der Waals surface area contributed by atoms with Gasteiger partial charge in [0, 0.05) is 10.9 Å². The molecule has 26 heavy (non-hydrogen) atoms. The van der Waals surface area contributed by atoms with E-state index < -0.39 is 0 Å². The van der Waals surface area contributed by atoms with E-state index in [1.807, 2.05) is 67.6 Å². The Kier molecular flexibility index (Phi) is 4.18. The lowest BCUT2D eigenvalue weighted by Gasteiger charge is -2.10. The minimum absolute atomic E-state index is 0.00952. The smallest absolute Gasteiger partial charge is 0.244 e. The summed E-state index contributed by atoms with van der Waals surface area (Å²) >= 11 is 0. The third-order valence-electron chi connectivity index (χ3n) is 4.02. The van der Waals surface area contributed by atoms with Crippen LogP contribution in [0.4, 0.5) is 0 Å². The van der Waals surface area contributed by atoms with Crippen LogP contribution >= 0.6 is 0 Å². The number of carbonyl (C=O) groups excluding carboxylic acids is 1. The Hall–Kier alpha value is -3.48. The van der Waals surface area contributed by atoms with Crippen molar-refractivity contribution < 1.29 is 9.21 Å². The Morgan fingerprint density at radius 2 is 1.92 bits per heavy atom. The fraction of sp³-hybridized carbons (Fsp3) is 0.158. The minimum atomic E-state index is -0.257. The minimum Gasteiger partial charge on any atom is -0.459 e. The van der Waals surface area contributed by atoms with Gasteiger partial charge >= 0.3 is 0 Å². The van der Waals surface area contributed by atoms with Gasteiger partial charge in [0.25, 0.3) is 0 Å². The van der Waals surface area contributed by atoms with Gasteiger partial charge in [-0.3, -0.25) is 4.79 Å². The first-order valence-electron chi connectivity index (χ1n) is 8.30. The number of amides is 1. The molecule has 130 valence electrons. The number of benzene rings is 2. The summed E-state index contributed by atoms with van der Waals surface area (Å²) in [5, 5.41) is 16.1. The summed E-state index contributed by atoms with van der Waals surface area (Å²) in [6, 6.07) is 18.9. The molecule has 0 unspecified atom stereocenters. The highest BCUT2D eigenvalue weighted by molar-refractivity contribution is 5.79. The molecule has 0 spiro atoms. The van der Waals surface area contributed by atoms with E-state index in [1.165, 1.54) is 4.80 Å². The predicted octanol–water partition coefficient (Wildman–Crippen LogP) is 2.96. The molecule has 4 aromatic rings. The van der Waals surface area contributed by atoms with Gasteiger partial charge in [-0.05, 0) is 24.3 Å². The quantitative estimate of drug-likeness (QED) is 0.600. The number of aromatic nitrogens is 4. The van der Waals surface area contributed by atoms with Crippen LogP contribution in [-0.2, 0) is 11.3 Å². The largest absolute Gasteiger partial charge is 0.459 e. The first kappa shape index (κ1) is 16.0. The highest BCUT2D eigenvalue weighted by atomic mass is 16.3. The molecule has 4 rings (SSSR count). The molecule has 0 saturated carbocycles. The number of nitrogens with zero attached hydrogens (tertiary/aromatic N) is 4. The van der Waals surface area contributed by atoms with Crippen molar-refractivity contribution >= 4 is 16.9 Å². The summed E-state index contributed by atoms with van der Waals surface area (Å²) in [6.45, 7) is 1.87. The molecule has 2 heterocycles. The standard InChI is InChI=1S/C19H17N5O2/c1-13(17-11-15-9-5-6-10-16(15)26-17)20-18(25)12-24-22-19(21-23-24)14-7-3-2-4-8-14/h2-11,13H,12H2,1H3,(H,20,25)/t13-/m1/s1. The molecule has 2 aromatic heterocycles. The van der Waals surface area contributed by atoms with E-state index in [-0.39, 0.29) is 18.5 Å². The van der Waals surface area contributed by atoms with E-state index in [0.29, 0.717) is 11.6 Å². The van der Waals surface area contributed by atoms with Gasteiger partial charge in [0.05, 0.1) is 6.04 Å². The number of para-hydroxylation sites is 1. The van der Waals surface area contributed by atoms with Crippen molar-refractivity contribution in [3.05, 3.63) is 66.4 Å². The lowest BCUT2D eigenvalue weighted by Crippen LogP contribution is -2.30. The molecule has 0 aliphatic rings. The summed E-state index contributed by atoms with van der Waals surface area (Å²) in [5.41, 5.74) is 1.66. The normalized spacial score (nSPS) is 12.2. The monoisotopic (exact) mass is 347 g/mol. The first-order chi connectivity index (χ1) is 12.7. The van der Waals surface area contributed by atoms with Crippen molar-refractivity contribution in [2.24, 2.45) is 0 Å². The van der Waals surface area contributed by atoms with Crippen LogP contribution in [0.2, 0.25) is 0 Å². The molecule has 1 N–H and O–H groups in total. The lowest BCUT2D eigenvalue weighted by molar-refractivity contribution is -0.122. The Morgan fingerprint density at radius 1 is 1.15 bits per heavy atom. The molecule has 0 fully saturated rings. The van der Waals surface area contributed by atoms with Crippen LogP contribution in [0.1, 0.15) is 18.7 Å². The first-order valence-corrected chi connectivity index (χ1v) is 8.30. The van der Waals surface area contributed by atoms with Crippen molar-refractivity contribution in [3.63, 3.8) is 0 Å². The third-order valence-corrected chi connectivity index (χ3v) is 4.02. The van der Waals surface area contributed by atoms with E-state index in [1.54, 1.807) is 0 Å². The fourth-order valence-electron chi connectivity index (χ4n) is 2.72. The van der Waals surface area contributed by atoms with Crippen LogP contribution in [0.15, 0.2) is 65.1 Å². The number of nitrogens with one attached hydrogen (secondary N) is 1. The van der Waals surface area contributed by atoms with Gasteiger partial charge in [-0.15, -0.1) is 10.2 Å². The van der Waals surface area contributed by atoms with Crippen LogP contribution in [0, 0.1) is 0 Å². The van der Waals surface area contributed by atoms with Crippen LogP contribution < -0.4 is 5.32 Å². The molecule has 7 nitrogen and oxygen atoms in total. The zero-order valence-electron chi connectivity index (χ0n) is 14.2. The van der Waals surface area contributed by atoms with Gasteiger partial charge in [-0.2, -0.15) is 4.80 Å². The summed E-state index contributed by atoms with van der Waals surface area (Å²) in [7, 11) is 0. The van der Waals surface area contributed by atoms with Crippen molar-refractivity contribution in [2.75, 3.05) is 0 Å². The molecule has 7 heteroatoms. The van der Waals surface area contributed by atoms with Gasteiger partial charge in [0.1, 0.15) is 17.9 Å². The van der Waals surface area contributed by atoms with Crippen LogP contribution in [0.3, 0.4) is 0 Å². The van der Waals surface area contributed by atoms with Gasteiger partial charge < -0.3 is 9.73 Å². The Balaban J connectivity index is 1.41. The molecular weight excluding hydrogens is 330 g/mol. The van der Waals surface area contributed by atoms with E-state index in [2.05, 4.69) is 20.7 Å². The molecule has 0 aliphatic heterocycles. The molecule has 0 radical (unpaired) electrons. The van der Waals surface area contributed by atoms with Gasteiger partial charge in [-0.25, -0.2) is 0 Å². The maximum atomic E-state index is 12.3. The van der Waals surface area contributed by atoms with Gasteiger partial charge in [0.2, 0.25) is 11.7 Å². The summed E-state index contributed by atoms with van der Waals surface area (Å²) in [5.74, 6) is 0.981. The molecular formula is C19H17N5O2. The van der Waals surface area contributed by atoms with Crippen molar-refractivity contribution in [3.8, 4) is 11.4 Å². The maximum Gasteiger partial charge on any atom is 0.244 e. The SMILES string of the molecule is C[C@@H](NC(=O)Cn1nnc(-c2ccccc2)n1)c1cc2ccccc2o1. The average Bonchev–Trinajstić information content (AvgIpc) is 3.29. The molecule has 0 saturated heterocycles. The number of tetrazole rings is 1. The number of rotatable bonds is 5. The molecule has 2 aromatic carbocycles. The van der Waals surface area contributed by atoms with E-state index in [0.717, 1.165) is 16.5 Å². The van der Waals surface area contributed by atoms with Crippen LogP contribution in [0.5, 0.6) is 0 Å². The second-order valence-corrected chi connectivity index (χ2v) is 5.99. The van der Waals surface area contributed by atoms with Gasteiger partial charge in [0.15, 0.2) is 0 Å². The third kappa shape index (κ3) is 3.32.